The minimum absolute atomic E-state index is 0.107. The van der Waals surface area contributed by atoms with E-state index in [0.717, 1.165) is 31.4 Å². The number of benzene rings is 1. The molecule has 1 atom stereocenters. The third-order valence-electron chi connectivity index (χ3n) is 3.70. The average Bonchev–Trinajstić information content (AvgIpc) is 2.43. The first-order chi connectivity index (χ1) is 8.76. The number of rotatable bonds is 4. The molecule has 1 aromatic rings. The molecule has 3 heteroatoms. The largest absolute Gasteiger partial charge is 0.352 e. The predicted octanol–water partition coefficient (Wildman–Crippen LogP) is 2.18. The first-order valence-corrected chi connectivity index (χ1v) is 6.87. The third kappa shape index (κ3) is 2.72. The highest BCUT2D eigenvalue weighted by Gasteiger charge is 2.26. The van der Waals surface area contributed by atoms with Gasteiger partial charge >= 0.3 is 0 Å². The molecule has 18 heavy (non-hydrogen) atoms. The van der Waals surface area contributed by atoms with E-state index < -0.39 is 0 Å². The molecule has 1 aromatic carbocycles. The van der Waals surface area contributed by atoms with Gasteiger partial charge in [0.05, 0.1) is 0 Å². The topological polar surface area (TPSA) is 41.1 Å². The molecule has 0 radical (unpaired) electrons. The van der Waals surface area contributed by atoms with Gasteiger partial charge in [-0.05, 0) is 30.4 Å². The van der Waals surface area contributed by atoms with Crippen molar-refractivity contribution in [3.8, 4) is 0 Å². The van der Waals surface area contributed by atoms with Crippen molar-refractivity contribution >= 4 is 5.91 Å². The second-order valence-electron chi connectivity index (χ2n) is 4.86. The highest BCUT2D eigenvalue weighted by molar-refractivity contribution is 5.84. The Labute approximate surface area is 109 Å². The highest BCUT2D eigenvalue weighted by atomic mass is 16.2. The van der Waals surface area contributed by atoms with Gasteiger partial charge in [0.1, 0.15) is 6.04 Å². The van der Waals surface area contributed by atoms with E-state index in [2.05, 4.69) is 36.6 Å². The van der Waals surface area contributed by atoms with Gasteiger partial charge in [-0.3, -0.25) is 4.79 Å². The minimum atomic E-state index is -0.185. The molecule has 2 rings (SSSR count). The number of hydrogen-bond donors (Lipinski definition) is 2. The van der Waals surface area contributed by atoms with Crippen LogP contribution < -0.4 is 10.6 Å². The lowest BCUT2D eigenvalue weighted by Crippen LogP contribution is -2.44. The molecule has 0 saturated carbocycles. The van der Waals surface area contributed by atoms with Crippen molar-refractivity contribution in [1.29, 1.82) is 0 Å². The Morgan fingerprint density at radius 3 is 2.83 bits per heavy atom. The Morgan fingerprint density at radius 1 is 1.39 bits per heavy atom. The van der Waals surface area contributed by atoms with Crippen LogP contribution in [0.25, 0.3) is 0 Å². The molecule has 0 saturated heterocycles. The van der Waals surface area contributed by atoms with E-state index in [1.165, 1.54) is 5.56 Å². The third-order valence-corrected chi connectivity index (χ3v) is 3.70. The van der Waals surface area contributed by atoms with Crippen molar-refractivity contribution in [2.24, 2.45) is 0 Å². The van der Waals surface area contributed by atoms with Crippen LogP contribution in [0.4, 0.5) is 0 Å². The number of amides is 1. The van der Waals surface area contributed by atoms with Crippen molar-refractivity contribution in [3.63, 3.8) is 0 Å². The highest BCUT2D eigenvalue weighted by Crippen LogP contribution is 2.22. The second kappa shape index (κ2) is 6.01. The van der Waals surface area contributed by atoms with Gasteiger partial charge < -0.3 is 10.6 Å². The molecule has 0 aromatic heterocycles. The summed E-state index contributed by atoms with van der Waals surface area (Å²) in [6, 6.07) is 8.32. The maximum atomic E-state index is 12.3. The fraction of sp³-hybridized carbons (Fsp3) is 0.533. The van der Waals surface area contributed by atoms with Crippen LogP contribution in [0.2, 0.25) is 0 Å². The van der Waals surface area contributed by atoms with Gasteiger partial charge in [-0.25, -0.2) is 0 Å². The summed E-state index contributed by atoms with van der Waals surface area (Å²) < 4.78 is 0. The molecule has 1 aliphatic heterocycles. The maximum absolute atomic E-state index is 12.3. The number of hydrogen-bond acceptors (Lipinski definition) is 2. The van der Waals surface area contributed by atoms with Crippen LogP contribution in [0.15, 0.2) is 24.3 Å². The fourth-order valence-corrected chi connectivity index (χ4v) is 2.52. The van der Waals surface area contributed by atoms with Crippen LogP contribution >= 0.6 is 0 Å². The molecule has 1 amide bonds. The predicted molar refractivity (Wildman–Crippen MR) is 73.4 cm³/mol. The van der Waals surface area contributed by atoms with E-state index in [1.54, 1.807) is 0 Å². The summed E-state index contributed by atoms with van der Waals surface area (Å²) in [7, 11) is 0. The molecule has 0 spiro atoms. The van der Waals surface area contributed by atoms with Crippen molar-refractivity contribution in [2.45, 2.75) is 45.2 Å². The summed E-state index contributed by atoms with van der Waals surface area (Å²) in [5.74, 6) is 0.107. The Hall–Kier alpha value is -1.35. The summed E-state index contributed by atoms with van der Waals surface area (Å²) in [5.41, 5.74) is 2.42. The zero-order chi connectivity index (χ0) is 13.0. The molecular weight excluding hydrogens is 224 g/mol. The van der Waals surface area contributed by atoms with Crippen LogP contribution in [-0.4, -0.2) is 18.5 Å². The normalized spacial score (nSPS) is 18.5. The summed E-state index contributed by atoms with van der Waals surface area (Å²) in [6.45, 7) is 5.09. The molecule has 0 aliphatic carbocycles. The van der Waals surface area contributed by atoms with Gasteiger partial charge in [0.2, 0.25) is 5.91 Å². The minimum Gasteiger partial charge on any atom is -0.352 e. The molecule has 3 nitrogen and oxygen atoms in total. The Kier molecular flexibility index (Phi) is 4.37. The van der Waals surface area contributed by atoms with E-state index in [9.17, 15) is 4.79 Å². The average molecular weight is 246 g/mol. The van der Waals surface area contributed by atoms with Gasteiger partial charge in [0.25, 0.3) is 0 Å². The lowest BCUT2D eigenvalue weighted by molar-refractivity contribution is -0.124. The van der Waals surface area contributed by atoms with E-state index in [-0.39, 0.29) is 18.0 Å². The van der Waals surface area contributed by atoms with Crippen LogP contribution in [0.5, 0.6) is 0 Å². The zero-order valence-electron chi connectivity index (χ0n) is 11.2. The van der Waals surface area contributed by atoms with E-state index >= 15 is 0 Å². The van der Waals surface area contributed by atoms with Crippen LogP contribution in [0, 0.1) is 0 Å². The lowest BCUT2D eigenvalue weighted by Gasteiger charge is -2.27. The van der Waals surface area contributed by atoms with Crippen LogP contribution in [0.3, 0.4) is 0 Å². The lowest BCUT2D eigenvalue weighted by atomic mass is 9.93. The van der Waals surface area contributed by atoms with E-state index in [1.807, 2.05) is 12.1 Å². The van der Waals surface area contributed by atoms with Gasteiger partial charge in [0.15, 0.2) is 0 Å². The number of carbonyl (C=O) groups excluding carboxylic acids is 1. The van der Waals surface area contributed by atoms with Crippen molar-refractivity contribution in [1.82, 2.24) is 10.6 Å². The second-order valence-corrected chi connectivity index (χ2v) is 4.86. The van der Waals surface area contributed by atoms with Gasteiger partial charge in [0, 0.05) is 12.6 Å². The van der Waals surface area contributed by atoms with E-state index in [4.69, 9.17) is 0 Å². The van der Waals surface area contributed by atoms with E-state index in [0.29, 0.717) is 0 Å². The number of carbonyl (C=O) groups is 1. The quantitative estimate of drug-likeness (QED) is 0.855. The SMILES string of the molecule is CCC(CC)NC(=O)C1NCCc2ccccc21. The van der Waals surface area contributed by atoms with Crippen LogP contribution in [-0.2, 0) is 11.2 Å². The van der Waals surface area contributed by atoms with Crippen molar-refractivity contribution in [3.05, 3.63) is 35.4 Å². The number of nitrogens with one attached hydrogen (secondary N) is 2. The first kappa shape index (κ1) is 13.1. The van der Waals surface area contributed by atoms with Crippen molar-refractivity contribution < 1.29 is 4.79 Å². The number of fused-ring (bicyclic) bond motifs is 1. The Bertz CT molecular complexity index is 413. The Morgan fingerprint density at radius 2 is 2.11 bits per heavy atom. The smallest absolute Gasteiger partial charge is 0.241 e. The molecular formula is C15H22N2O. The first-order valence-electron chi connectivity index (χ1n) is 6.87. The van der Waals surface area contributed by atoms with Crippen LogP contribution in [0.1, 0.15) is 43.9 Å². The molecule has 1 heterocycles. The molecule has 1 aliphatic rings. The van der Waals surface area contributed by atoms with Gasteiger partial charge in [-0.15, -0.1) is 0 Å². The standard InChI is InChI=1S/C15H22N2O/c1-3-12(4-2)17-15(18)14-13-8-6-5-7-11(13)9-10-16-14/h5-8,12,14,16H,3-4,9-10H2,1-2H3,(H,17,18). The monoisotopic (exact) mass is 246 g/mol. The molecule has 0 fully saturated rings. The van der Waals surface area contributed by atoms with Gasteiger partial charge in [-0.2, -0.15) is 0 Å². The summed E-state index contributed by atoms with van der Waals surface area (Å²) in [4.78, 5) is 12.3. The maximum Gasteiger partial charge on any atom is 0.241 e. The molecule has 1 unspecified atom stereocenters. The molecule has 98 valence electrons. The van der Waals surface area contributed by atoms with Gasteiger partial charge in [-0.1, -0.05) is 38.1 Å². The fourth-order valence-electron chi connectivity index (χ4n) is 2.52. The summed E-state index contributed by atoms with van der Waals surface area (Å²) in [5, 5.41) is 6.44. The molecule has 2 N–H and O–H groups in total. The molecule has 0 bridgehead atoms. The van der Waals surface area contributed by atoms with Crippen molar-refractivity contribution in [2.75, 3.05) is 6.54 Å². The summed E-state index contributed by atoms with van der Waals surface area (Å²) >= 11 is 0. The summed E-state index contributed by atoms with van der Waals surface area (Å²) in [6.07, 6.45) is 2.97. The Balaban J connectivity index is 2.12. The zero-order valence-corrected chi connectivity index (χ0v) is 11.2.